The van der Waals surface area contributed by atoms with Gasteiger partial charge in [0.05, 0.1) is 6.26 Å². The summed E-state index contributed by atoms with van der Waals surface area (Å²) in [4.78, 5) is 0. The number of benzene rings is 2. The molecule has 0 spiro atoms. The number of fused-ring (bicyclic) bond motifs is 2. The first-order valence-electron chi connectivity index (χ1n) is 9.23. The summed E-state index contributed by atoms with van der Waals surface area (Å²) in [7, 11) is 0. The largest absolute Gasteiger partial charge is 0.464 e. The van der Waals surface area contributed by atoms with Crippen molar-refractivity contribution in [3.05, 3.63) is 70.8 Å². The zero-order valence-corrected chi connectivity index (χ0v) is 17.0. The third-order valence-electron chi connectivity index (χ3n) is 5.30. The number of hydrogen-bond donors (Lipinski definition) is 0. The molecular weight excluding hydrogens is 336 g/mol. The molecule has 0 saturated heterocycles. The van der Waals surface area contributed by atoms with Crippen molar-refractivity contribution in [2.45, 2.75) is 51.9 Å². The van der Waals surface area contributed by atoms with Gasteiger partial charge >= 0.3 is 0 Å². The first kappa shape index (κ1) is 17.4. The van der Waals surface area contributed by atoms with Crippen LogP contribution in [0.4, 0.5) is 0 Å². The molecule has 26 heavy (non-hydrogen) atoms. The first-order valence-corrected chi connectivity index (χ1v) is 10.1. The Labute approximate surface area is 159 Å². The SMILES string of the molecule is CC(C)(C)c1coc2cc(CC(C)(C)c3csc4ccccc34)ccc12. The summed E-state index contributed by atoms with van der Waals surface area (Å²) in [5.41, 5.74) is 5.22. The lowest BCUT2D eigenvalue weighted by Crippen LogP contribution is -2.20. The van der Waals surface area contributed by atoms with E-state index in [0.29, 0.717) is 0 Å². The minimum Gasteiger partial charge on any atom is -0.464 e. The number of furan rings is 1. The third-order valence-corrected chi connectivity index (χ3v) is 6.27. The highest BCUT2D eigenvalue weighted by Gasteiger charge is 2.25. The van der Waals surface area contributed by atoms with Crippen LogP contribution in [-0.2, 0) is 17.3 Å². The maximum Gasteiger partial charge on any atom is 0.134 e. The Kier molecular flexibility index (Phi) is 4.00. The molecule has 134 valence electrons. The average Bonchev–Trinajstić information content (AvgIpc) is 3.18. The standard InChI is InChI=1S/C24H26OS/c1-23(2,3)19-14-25-21-12-16(10-11-17(19)21)13-24(4,5)20-15-26-22-9-7-6-8-18(20)22/h6-12,14-15H,13H2,1-5H3. The summed E-state index contributed by atoms with van der Waals surface area (Å²) in [6.07, 6.45) is 2.92. The third kappa shape index (κ3) is 2.97. The fraction of sp³-hybridized carbons (Fsp3) is 0.333. The number of thiophene rings is 1. The maximum absolute atomic E-state index is 5.89. The molecule has 0 aliphatic heterocycles. The van der Waals surface area contributed by atoms with Crippen molar-refractivity contribution in [1.82, 2.24) is 0 Å². The molecule has 0 amide bonds. The van der Waals surface area contributed by atoms with Crippen molar-refractivity contribution in [2.24, 2.45) is 0 Å². The summed E-state index contributed by atoms with van der Waals surface area (Å²) >= 11 is 1.84. The molecule has 2 aromatic heterocycles. The predicted molar refractivity (Wildman–Crippen MR) is 113 cm³/mol. The maximum atomic E-state index is 5.89. The molecule has 0 unspecified atom stereocenters. The van der Waals surface area contributed by atoms with Crippen LogP contribution in [-0.4, -0.2) is 0 Å². The van der Waals surface area contributed by atoms with E-state index in [0.717, 1.165) is 12.0 Å². The molecule has 0 radical (unpaired) electrons. The number of hydrogen-bond acceptors (Lipinski definition) is 2. The highest BCUT2D eigenvalue weighted by Crippen LogP contribution is 2.38. The molecule has 0 fully saturated rings. The van der Waals surface area contributed by atoms with Crippen LogP contribution in [0.5, 0.6) is 0 Å². The van der Waals surface area contributed by atoms with E-state index >= 15 is 0 Å². The van der Waals surface area contributed by atoms with Gasteiger partial charge < -0.3 is 4.42 Å². The van der Waals surface area contributed by atoms with Crippen molar-refractivity contribution < 1.29 is 4.42 Å². The summed E-state index contributed by atoms with van der Waals surface area (Å²) in [5, 5.41) is 4.95. The zero-order chi connectivity index (χ0) is 18.5. The molecule has 0 bridgehead atoms. The van der Waals surface area contributed by atoms with E-state index in [1.54, 1.807) is 0 Å². The molecule has 0 saturated carbocycles. The van der Waals surface area contributed by atoms with Crippen LogP contribution in [0.3, 0.4) is 0 Å². The minimum absolute atomic E-state index is 0.0761. The second-order valence-corrected chi connectivity index (χ2v) is 9.85. The molecule has 1 nitrogen and oxygen atoms in total. The molecule has 0 atom stereocenters. The molecule has 2 heterocycles. The quantitative estimate of drug-likeness (QED) is 0.368. The van der Waals surface area contributed by atoms with Crippen LogP contribution in [0.1, 0.15) is 51.3 Å². The Morgan fingerprint density at radius 2 is 1.65 bits per heavy atom. The molecule has 2 aromatic carbocycles. The van der Waals surface area contributed by atoms with Gasteiger partial charge in [0.25, 0.3) is 0 Å². The van der Waals surface area contributed by atoms with Gasteiger partial charge in [0.2, 0.25) is 0 Å². The summed E-state index contributed by atoms with van der Waals surface area (Å²) in [6.45, 7) is 11.4. The van der Waals surface area contributed by atoms with Gasteiger partial charge in [-0.25, -0.2) is 0 Å². The van der Waals surface area contributed by atoms with Gasteiger partial charge in [-0.1, -0.05) is 65.0 Å². The molecule has 0 aliphatic rings. The fourth-order valence-corrected chi connectivity index (χ4v) is 5.02. The van der Waals surface area contributed by atoms with E-state index in [2.05, 4.69) is 82.5 Å². The van der Waals surface area contributed by atoms with Gasteiger partial charge in [-0.05, 0) is 51.3 Å². The van der Waals surface area contributed by atoms with Crippen LogP contribution in [0.15, 0.2) is 58.5 Å². The minimum atomic E-state index is 0.0761. The van der Waals surface area contributed by atoms with E-state index in [1.165, 1.54) is 32.2 Å². The van der Waals surface area contributed by atoms with Crippen LogP contribution in [0, 0.1) is 0 Å². The van der Waals surface area contributed by atoms with E-state index in [9.17, 15) is 0 Å². The molecule has 0 N–H and O–H groups in total. The van der Waals surface area contributed by atoms with Crippen molar-refractivity contribution >= 4 is 32.4 Å². The molecule has 2 heteroatoms. The van der Waals surface area contributed by atoms with Gasteiger partial charge in [-0.15, -0.1) is 11.3 Å². The molecular formula is C24H26OS. The summed E-state index contributed by atoms with van der Waals surface area (Å²) in [5.74, 6) is 0. The Bertz CT molecular complexity index is 1070. The Hall–Kier alpha value is -2.06. The first-order chi connectivity index (χ1) is 12.3. The lowest BCUT2D eigenvalue weighted by atomic mass is 9.79. The summed E-state index contributed by atoms with van der Waals surface area (Å²) in [6, 6.07) is 15.4. The second-order valence-electron chi connectivity index (χ2n) is 8.94. The Balaban J connectivity index is 1.70. The van der Waals surface area contributed by atoms with Gasteiger partial charge in [0.1, 0.15) is 5.58 Å². The average molecular weight is 363 g/mol. The monoisotopic (exact) mass is 362 g/mol. The van der Waals surface area contributed by atoms with E-state index in [4.69, 9.17) is 4.42 Å². The van der Waals surface area contributed by atoms with Gasteiger partial charge in [0.15, 0.2) is 0 Å². The van der Waals surface area contributed by atoms with E-state index in [-0.39, 0.29) is 10.8 Å². The van der Waals surface area contributed by atoms with E-state index < -0.39 is 0 Å². The predicted octanol–water partition coefficient (Wildman–Crippen LogP) is 7.47. The lowest BCUT2D eigenvalue weighted by Gasteiger charge is -2.25. The molecule has 4 aromatic rings. The Morgan fingerprint density at radius 1 is 0.885 bits per heavy atom. The fourth-order valence-electron chi connectivity index (χ4n) is 3.87. The van der Waals surface area contributed by atoms with Crippen LogP contribution >= 0.6 is 11.3 Å². The Morgan fingerprint density at radius 3 is 2.42 bits per heavy atom. The van der Waals surface area contributed by atoms with Crippen molar-refractivity contribution in [3.8, 4) is 0 Å². The highest BCUT2D eigenvalue weighted by molar-refractivity contribution is 7.17. The van der Waals surface area contributed by atoms with Crippen molar-refractivity contribution in [2.75, 3.05) is 0 Å². The second kappa shape index (κ2) is 5.99. The van der Waals surface area contributed by atoms with E-state index in [1.807, 2.05) is 17.6 Å². The van der Waals surface area contributed by atoms with Gasteiger partial charge in [-0.3, -0.25) is 0 Å². The highest BCUT2D eigenvalue weighted by atomic mass is 32.1. The van der Waals surface area contributed by atoms with Crippen LogP contribution < -0.4 is 0 Å². The van der Waals surface area contributed by atoms with Crippen LogP contribution in [0.25, 0.3) is 21.1 Å². The topological polar surface area (TPSA) is 13.1 Å². The van der Waals surface area contributed by atoms with Crippen molar-refractivity contribution in [3.63, 3.8) is 0 Å². The number of rotatable bonds is 3. The lowest BCUT2D eigenvalue weighted by molar-refractivity contribution is 0.527. The zero-order valence-electron chi connectivity index (χ0n) is 16.2. The van der Waals surface area contributed by atoms with Crippen molar-refractivity contribution in [1.29, 1.82) is 0 Å². The smallest absolute Gasteiger partial charge is 0.134 e. The normalized spacial score (nSPS) is 13.0. The molecule has 0 aliphatic carbocycles. The van der Waals surface area contributed by atoms with Gasteiger partial charge in [-0.2, -0.15) is 0 Å². The van der Waals surface area contributed by atoms with Gasteiger partial charge in [0, 0.05) is 15.6 Å². The molecule has 4 rings (SSSR count). The summed E-state index contributed by atoms with van der Waals surface area (Å²) < 4.78 is 7.26. The van der Waals surface area contributed by atoms with Crippen LogP contribution in [0.2, 0.25) is 0 Å².